The number of hydrogen-bond donors (Lipinski definition) is 2. The van der Waals surface area contributed by atoms with Gasteiger partial charge in [0.05, 0.1) is 0 Å². The zero-order valence-corrected chi connectivity index (χ0v) is 14.5. The Labute approximate surface area is 148 Å². The number of nitrogens with zero attached hydrogens (tertiary/aromatic N) is 1. The van der Waals surface area contributed by atoms with Gasteiger partial charge in [-0.1, -0.05) is 42.0 Å². The molecule has 25 heavy (non-hydrogen) atoms. The Morgan fingerprint density at radius 3 is 2.72 bits per heavy atom. The summed E-state index contributed by atoms with van der Waals surface area (Å²) >= 11 is 0. The molecule has 2 aromatic carbocycles. The Hall–Kier alpha value is -2.88. The molecule has 0 saturated heterocycles. The van der Waals surface area contributed by atoms with Crippen LogP contribution in [0.5, 0.6) is 0 Å². The number of imidazole rings is 1. The van der Waals surface area contributed by atoms with E-state index in [0.29, 0.717) is 6.42 Å². The summed E-state index contributed by atoms with van der Waals surface area (Å²) in [4.78, 5) is 19.4. The molecular formula is C21H23N3O. The molecule has 0 fully saturated rings. The van der Waals surface area contributed by atoms with Crippen LogP contribution in [0, 0.1) is 6.92 Å². The molecule has 2 N–H and O–H groups in total. The summed E-state index contributed by atoms with van der Waals surface area (Å²) in [5, 5.41) is 2.97. The summed E-state index contributed by atoms with van der Waals surface area (Å²) < 4.78 is 0. The third kappa shape index (κ3) is 5.05. The third-order valence-electron chi connectivity index (χ3n) is 4.16. The van der Waals surface area contributed by atoms with Crippen LogP contribution in [0.3, 0.4) is 0 Å². The number of aromatic nitrogens is 2. The highest BCUT2D eigenvalue weighted by atomic mass is 16.1. The number of carbonyl (C=O) groups is 1. The van der Waals surface area contributed by atoms with E-state index in [2.05, 4.69) is 46.5 Å². The van der Waals surface area contributed by atoms with Gasteiger partial charge in [0.25, 0.3) is 0 Å². The summed E-state index contributed by atoms with van der Waals surface area (Å²) in [5.41, 5.74) is 4.37. The number of benzene rings is 2. The van der Waals surface area contributed by atoms with Gasteiger partial charge in [0.2, 0.25) is 5.91 Å². The van der Waals surface area contributed by atoms with Crippen molar-refractivity contribution < 1.29 is 4.79 Å². The fourth-order valence-electron chi connectivity index (χ4n) is 2.76. The monoisotopic (exact) mass is 333 g/mol. The molecule has 0 aliphatic rings. The van der Waals surface area contributed by atoms with Gasteiger partial charge in [0.15, 0.2) is 0 Å². The van der Waals surface area contributed by atoms with Crippen molar-refractivity contribution >= 4 is 11.6 Å². The molecule has 128 valence electrons. The summed E-state index contributed by atoms with van der Waals surface area (Å²) in [5.74, 6) is 0.856. The molecule has 0 atom stereocenters. The van der Waals surface area contributed by atoms with Crippen LogP contribution in [0.15, 0.2) is 60.9 Å². The average Bonchev–Trinajstić information content (AvgIpc) is 3.15. The van der Waals surface area contributed by atoms with Crippen molar-refractivity contribution in [2.75, 3.05) is 5.32 Å². The lowest BCUT2D eigenvalue weighted by Crippen LogP contribution is -2.11. The largest absolute Gasteiger partial charge is 0.345 e. The van der Waals surface area contributed by atoms with Crippen LogP contribution in [-0.4, -0.2) is 15.9 Å². The first-order chi connectivity index (χ1) is 12.2. The predicted molar refractivity (Wildman–Crippen MR) is 101 cm³/mol. The Balaban J connectivity index is 1.45. The maximum Gasteiger partial charge on any atom is 0.224 e. The van der Waals surface area contributed by atoms with Crippen molar-refractivity contribution in [3.63, 3.8) is 0 Å². The predicted octanol–water partition coefficient (Wildman–Crippen LogP) is 4.74. The standard InChI is InChI=1S/C21H23N3O/c1-16-9-11-17(12-10-16)5-2-3-8-20(25)24-19-7-4-6-18(15-19)21-22-13-14-23-21/h4,6-7,9-15H,2-3,5,8H2,1H3,(H,22,23)(H,24,25). The molecule has 0 aliphatic heterocycles. The Morgan fingerprint density at radius 2 is 1.96 bits per heavy atom. The lowest BCUT2D eigenvalue weighted by atomic mass is 10.1. The van der Waals surface area contributed by atoms with E-state index in [4.69, 9.17) is 0 Å². The van der Waals surface area contributed by atoms with Gasteiger partial charge in [-0.05, 0) is 43.9 Å². The zero-order chi connectivity index (χ0) is 17.5. The molecule has 1 heterocycles. The number of aryl methyl sites for hydroxylation is 2. The quantitative estimate of drug-likeness (QED) is 0.614. The van der Waals surface area contributed by atoms with E-state index < -0.39 is 0 Å². The van der Waals surface area contributed by atoms with E-state index in [1.54, 1.807) is 12.4 Å². The molecular weight excluding hydrogens is 310 g/mol. The Morgan fingerprint density at radius 1 is 1.12 bits per heavy atom. The van der Waals surface area contributed by atoms with Crippen LogP contribution in [0.1, 0.15) is 30.4 Å². The molecule has 0 aliphatic carbocycles. The minimum absolute atomic E-state index is 0.0560. The van der Waals surface area contributed by atoms with Crippen molar-refractivity contribution in [1.82, 2.24) is 9.97 Å². The Kier molecular flexibility index (Phi) is 5.62. The van der Waals surface area contributed by atoms with Crippen LogP contribution in [0.2, 0.25) is 0 Å². The average molecular weight is 333 g/mol. The van der Waals surface area contributed by atoms with Crippen LogP contribution < -0.4 is 5.32 Å². The van der Waals surface area contributed by atoms with Crippen LogP contribution in [-0.2, 0) is 11.2 Å². The molecule has 0 unspecified atom stereocenters. The number of amides is 1. The summed E-state index contributed by atoms with van der Waals surface area (Å²) in [6.45, 7) is 2.09. The topological polar surface area (TPSA) is 57.8 Å². The lowest BCUT2D eigenvalue weighted by molar-refractivity contribution is -0.116. The normalized spacial score (nSPS) is 10.6. The highest BCUT2D eigenvalue weighted by Gasteiger charge is 2.05. The van der Waals surface area contributed by atoms with E-state index in [-0.39, 0.29) is 5.91 Å². The van der Waals surface area contributed by atoms with Gasteiger partial charge in [-0.15, -0.1) is 0 Å². The summed E-state index contributed by atoms with van der Waals surface area (Å²) in [6.07, 6.45) is 6.96. The maximum absolute atomic E-state index is 12.1. The van der Waals surface area contributed by atoms with Crippen molar-refractivity contribution in [2.45, 2.75) is 32.6 Å². The van der Waals surface area contributed by atoms with Gasteiger partial charge in [-0.2, -0.15) is 0 Å². The van der Waals surface area contributed by atoms with Gasteiger partial charge in [0.1, 0.15) is 5.82 Å². The minimum atomic E-state index is 0.0560. The van der Waals surface area contributed by atoms with Gasteiger partial charge in [0, 0.05) is 30.1 Å². The first-order valence-electron chi connectivity index (χ1n) is 8.66. The smallest absolute Gasteiger partial charge is 0.224 e. The fraction of sp³-hybridized carbons (Fsp3) is 0.238. The van der Waals surface area contributed by atoms with Crippen LogP contribution >= 0.6 is 0 Å². The Bertz CT molecular complexity index is 807. The number of rotatable bonds is 7. The van der Waals surface area contributed by atoms with E-state index in [1.807, 2.05) is 24.3 Å². The number of anilines is 1. The number of carbonyl (C=O) groups excluding carboxylic acids is 1. The van der Waals surface area contributed by atoms with Crippen molar-refractivity contribution in [1.29, 1.82) is 0 Å². The second kappa shape index (κ2) is 8.29. The molecule has 0 bridgehead atoms. The number of H-pyrrole nitrogens is 1. The first kappa shape index (κ1) is 17.0. The lowest BCUT2D eigenvalue weighted by Gasteiger charge is -2.07. The number of unbranched alkanes of at least 4 members (excludes halogenated alkanes) is 1. The molecule has 1 amide bonds. The van der Waals surface area contributed by atoms with E-state index >= 15 is 0 Å². The van der Waals surface area contributed by atoms with E-state index in [9.17, 15) is 4.79 Å². The van der Waals surface area contributed by atoms with Gasteiger partial charge in [-0.3, -0.25) is 4.79 Å². The second-order valence-electron chi connectivity index (χ2n) is 6.26. The summed E-state index contributed by atoms with van der Waals surface area (Å²) in [7, 11) is 0. The molecule has 3 aromatic rings. The number of aromatic amines is 1. The molecule has 1 aromatic heterocycles. The summed E-state index contributed by atoms with van der Waals surface area (Å²) in [6, 6.07) is 16.3. The highest BCUT2D eigenvalue weighted by molar-refractivity contribution is 5.91. The van der Waals surface area contributed by atoms with Gasteiger partial charge >= 0.3 is 0 Å². The zero-order valence-electron chi connectivity index (χ0n) is 14.5. The number of nitrogens with one attached hydrogen (secondary N) is 2. The molecule has 4 nitrogen and oxygen atoms in total. The van der Waals surface area contributed by atoms with Crippen LogP contribution in [0.25, 0.3) is 11.4 Å². The van der Waals surface area contributed by atoms with Gasteiger partial charge < -0.3 is 10.3 Å². The van der Waals surface area contributed by atoms with Crippen molar-refractivity contribution in [3.05, 3.63) is 72.1 Å². The first-order valence-corrected chi connectivity index (χ1v) is 8.66. The highest BCUT2D eigenvalue weighted by Crippen LogP contribution is 2.19. The second-order valence-corrected chi connectivity index (χ2v) is 6.26. The van der Waals surface area contributed by atoms with Crippen molar-refractivity contribution in [2.24, 2.45) is 0 Å². The maximum atomic E-state index is 12.1. The van der Waals surface area contributed by atoms with E-state index in [0.717, 1.165) is 36.3 Å². The SMILES string of the molecule is Cc1ccc(CCCCC(=O)Nc2cccc(-c3ncc[nH]3)c2)cc1. The third-order valence-corrected chi connectivity index (χ3v) is 4.16. The molecule has 0 spiro atoms. The number of hydrogen-bond acceptors (Lipinski definition) is 2. The van der Waals surface area contributed by atoms with Gasteiger partial charge in [-0.25, -0.2) is 4.98 Å². The molecule has 0 saturated carbocycles. The molecule has 4 heteroatoms. The van der Waals surface area contributed by atoms with Crippen molar-refractivity contribution in [3.8, 4) is 11.4 Å². The van der Waals surface area contributed by atoms with Crippen LogP contribution in [0.4, 0.5) is 5.69 Å². The molecule has 0 radical (unpaired) electrons. The minimum Gasteiger partial charge on any atom is -0.345 e. The van der Waals surface area contributed by atoms with E-state index in [1.165, 1.54) is 11.1 Å². The fourth-order valence-corrected chi connectivity index (χ4v) is 2.76. The molecule has 3 rings (SSSR count).